The number of benzene rings is 1. The van der Waals surface area contributed by atoms with Gasteiger partial charge >= 0.3 is 6.09 Å². The summed E-state index contributed by atoms with van der Waals surface area (Å²) in [7, 11) is 2.70. The van der Waals surface area contributed by atoms with Gasteiger partial charge in [-0.25, -0.2) is 4.79 Å². The monoisotopic (exact) mass is 319 g/mol. The molecule has 2 heterocycles. The lowest BCUT2D eigenvalue weighted by Crippen LogP contribution is -2.70. The molecule has 4 rings (SSSR count). The standard InChI is InChI=1S/C16H17NO6/c1-20-16(21-2)13-9-8-12(14(16)18)23-17(13)15(19)22-10-11-6-4-3-5-7-11/h3-9,12-13H,10H2,1-2H3/t12-,13+/m0/s1. The minimum absolute atomic E-state index is 0.0988. The van der Waals surface area contributed by atoms with Crippen LogP contribution in [0.2, 0.25) is 0 Å². The Morgan fingerprint density at radius 2 is 1.91 bits per heavy atom. The van der Waals surface area contributed by atoms with E-state index in [-0.39, 0.29) is 12.4 Å². The molecular weight excluding hydrogens is 302 g/mol. The highest BCUT2D eigenvalue weighted by molar-refractivity contribution is 5.95. The van der Waals surface area contributed by atoms with Crippen molar-refractivity contribution in [2.75, 3.05) is 14.2 Å². The lowest BCUT2D eigenvalue weighted by Gasteiger charge is -2.48. The first kappa shape index (κ1) is 15.7. The molecule has 0 N–H and O–H groups in total. The predicted molar refractivity (Wildman–Crippen MR) is 78.0 cm³/mol. The fraction of sp³-hybridized carbons (Fsp3) is 0.375. The lowest BCUT2D eigenvalue weighted by molar-refractivity contribution is -0.306. The smallest absolute Gasteiger partial charge is 0.435 e. The number of ketones is 1. The van der Waals surface area contributed by atoms with Gasteiger partial charge in [0.15, 0.2) is 6.10 Å². The number of carbonyl (C=O) groups excluding carboxylic acids is 2. The van der Waals surface area contributed by atoms with Crippen molar-refractivity contribution in [3.05, 3.63) is 48.0 Å². The van der Waals surface area contributed by atoms with Crippen LogP contribution >= 0.6 is 0 Å². The summed E-state index contributed by atoms with van der Waals surface area (Å²) in [5.41, 5.74) is 0.847. The van der Waals surface area contributed by atoms with E-state index in [1.807, 2.05) is 30.3 Å². The minimum Gasteiger partial charge on any atom is -0.443 e. The molecule has 0 spiro atoms. The zero-order valence-corrected chi connectivity index (χ0v) is 12.8. The zero-order chi connectivity index (χ0) is 16.4. The number of hydrogen-bond donors (Lipinski definition) is 0. The highest BCUT2D eigenvalue weighted by Crippen LogP contribution is 2.36. The number of methoxy groups -OCH3 is 2. The number of ether oxygens (including phenoxy) is 3. The van der Waals surface area contributed by atoms with Crippen LogP contribution in [0.4, 0.5) is 4.79 Å². The van der Waals surface area contributed by atoms with Crippen molar-refractivity contribution in [3.63, 3.8) is 0 Å². The number of hydrogen-bond acceptors (Lipinski definition) is 6. The van der Waals surface area contributed by atoms with Crippen LogP contribution in [0.25, 0.3) is 0 Å². The number of fused-ring (bicyclic) bond motifs is 2. The molecule has 1 amide bonds. The fourth-order valence-electron chi connectivity index (χ4n) is 2.73. The Balaban J connectivity index is 1.75. The highest BCUT2D eigenvalue weighted by atomic mass is 16.8. The van der Waals surface area contributed by atoms with Crippen LogP contribution in [0.1, 0.15) is 5.56 Å². The number of nitrogens with zero attached hydrogens (tertiary/aromatic N) is 1. The van der Waals surface area contributed by atoms with Crippen LogP contribution in [0.3, 0.4) is 0 Å². The van der Waals surface area contributed by atoms with E-state index in [9.17, 15) is 9.59 Å². The van der Waals surface area contributed by atoms with E-state index < -0.39 is 24.0 Å². The van der Waals surface area contributed by atoms with Crippen LogP contribution in [-0.4, -0.2) is 49.1 Å². The van der Waals surface area contributed by atoms with Gasteiger partial charge in [-0.1, -0.05) is 36.4 Å². The summed E-state index contributed by atoms with van der Waals surface area (Å²) in [5, 5.41) is 0.988. The Hall–Kier alpha value is -2.22. The molecule has 7 nitrogen and oxygen atoms in total. The Morgan fingerprint density at radius 1 is 1.22 bits per heavy atom. The first-order valence-electron chi connectivity index (χ1n) is 7.12. The van der Waals surface area contributed by atoms with Crippen molar-refractivity contribution in [1.82, 2.24) is 5.06 Å². The molecule has 2 atom stereocenters. The normalized spacial score (nSPS) is 24.8. The van der Waals surface area contributed by atoms with Gasteiger partial charge in [-0.3, -0.25) is 9.63 Å². The van der Waals surface area contributed by atoms with Crippen LogP contribution in [-0.2, 0) is 30.4 Å². The van der Waals surface area contributed by atoms with E-state index in [2.05, 4.69) is 0 Å². The Kier molecular flexibility index (Phi) is 4.16. The molecule has 122 valence electrons. The van der Waals surface area contributed by atoms with Gasteiger partial charge in [-0.05, 0) is 11.6 Å². The van der Waals surface area contributed by atoms with Crippen molar-refractivity contribution in [1.29, 1.82) is 0 Å². The third-order valence-corrected chi connectivity index (χ3v) is 3.93. The SMILES string of the molecule is COC1(OC)C(=O)[C@@H]2C=C[C@H]1N(C(=O)OCc1ccccc1)O2. The van der Waals surface area contributed by atoms with Gasteiger partial charge in [0.05, 0.1) is 0 Å². The molecule has 0 unspecified atom stereocenters. The van der Waals surface area contributed by atoms with Gasteiger partial charge < -0.3 is 14.2 Å². The fourth-order valence-corrected chi connectivity index (χ4v) is 2.73. The molecule has 1 aliphatic carbocycles. The summed E-state index contributed by atoms with van der Waals surface area (Å²) in [6.07, 6.45) is 1.57. The topological polar surface area (TPSA) is 74.3 Å². The van der Waals surface area contributed by atoms with Crippen LogP contribution in [0.5, 0.6) is 0 Å². The van der Waals surface area contributed by atoms with Crippen molar-refractivity contribution < 1.29 is 28.6 Å². The average Bonchev–Trinajstić information content (AvgIpc) is 2.62. The second kappa shape index (κ2) is 6.11. The molecule has 0 saturated carbocycles. The number of carbonyl (C=O) groups is 2. The summed E-state index contributed by atoms with van der Waals surface area (Å²) in [6.45, 7) is 0.0988. The van der Waals surface area contributed by atoms with Gasteiger partial charge in [0, 0.05) is 14.2 Å². The highest BCUT2D eigenvalue weighted by Gasteiger charge is 2.60. The van der Waals surface area contributed by atoms with E-state index in [4.69, 9.17) is 19.0 Å². The molecule has 1 fully saturated rings. The molecule has 2 aliphatic heterocycles. The van der Waals surface area contributed by atoms with Gasteiger partial charge in [-0.2, -0.15) is 5.06 Å². The van der Waals surface area contributed by atoms with Gasteiger partial charge in [0.2, 0.25) is 5.78 Å². The summed E-state index contributed by atoms with van der Waals surface area (Å²) in [5.74, 6) is -1.97. The van der Waals surface area contributed by atoms with Crippen LogP contribution in [0, 0.1) is 0 Å². The second-order valence-electron chi connectivity index (χ2n) is 5.16. The lowest BCUT2D eigenvalue weighted by atomic mass is 9.89. The number of Topliss-reactive ketones (excluding diaryl/α,β-unsaturated/α-hetero) is 1. The third-order valence-electron chi connectivity index (χ3n) is 3.93. The molecule has 23 heavy (non-hydrogen) atoms. The maximum atomic E-state index is 12.3. The molecule has 3 aliphatic rings. The van der Waals surface area contributed by atoms with Crippen molar-refractivity contribution in [2.24, 2.45) is 0 Å². The van der Waals surface area contributed by atoms with E-state index in [0.29, 0.717) is 0 Å². The second-order valence-corrected chi connectivity index (χ2v) is 5.16. The molecule has 0 radical (unpaired) electrons. The van der Waals surface area contributed by atoms with Gasteiger partial charge in [0.25, 0.3) is 5.79 Å². The first-order valence-corrected chi connectivity index (χ1v) is 7.12. The molecule has 7 heteroatoms. The molecule has 2 bridgehead atoms. The van der Waals surface area contributed by atoms with Crippen LogP contribution < -0.4 is 0 Å². The summed E-state index contributed by atoms with van der Waals surface area (Å²) in [4.78, 5) is 30.0. The quantitative estimate of drug-likeness (QED) is 0.617. The number of rotatable bonds is 4. The predicted octanol–water partition coefficient (Wildman–Crippen LogP) is 1.44. The van der Waals surface area contributed by atoms with E-state index >= 15 is 0 Å². The van der Waals surface area contributed by atoms with E-state index in [0.717, 1.165) is 10.6 Å². The van der Waals surface area contributed by atoms with Gasteiger partial charge in [-0.15, -0.1) is 0 Å². The summed E-state index contributed by atoms with van der Waals surface area (Å²) >= 11 is 0. The maximum absolute atomic E-state index is 12.3. The minimum atomic E-state index is -1.58. The number of hydroxylamine groups is 2. The molecule has 0 aromatic heterocycles. The summed E-state index contributed by atoms with van der Waals surface area (Å²) < 4.78 is 15.8. The molecule has 1 saturated heterocycles. The largest absolute Gasteiger partial charge is 0.443 e. The van der Waals surface area contributed by atoms with E-state index in [1.165, 1.54) is 14.2 Å². The molecular formula is C16H17NO6. The van der Waals surface area contributed by atoms with Crippen molar-refractivity contribution >= 4 is 11.9 Å². The van der Waals surface area contributed by atoms with E-state index in [1.54, 1.807) is 12.2 Å². The van der Waals surface area contributed by atoms with Crippen LogP contribution in [0.15, 0.2) is 42.5 Å². The maximum Gasteiger partial charge on any atom is 0.435 e. The number of amides is 1. The first-order chi connectivity index (χ1) is 11.1. The Labute approximate surface area is 133 Å². The zero-order valence-electron chi connectivity index (χ0n) is 12.8. The molecule has 1 aromatic rings. The van der Waals surface area contributed by atoms with Crippen molar-refractivity contribution in [3.8, 4) is 0 Å². The Bertz CT molecular complexity index is 625. The Morgan fingerprint density at radius 3 is 2.57 bits per heavy atom. The van der Waals surface area contributed by atoms with Crippen molar-refractivity contribution in [2.45, 2.75) is 24.5 Å². The molecule has 1 aromatic carbocycles. The third kappa shape index (κ3) is 2.52. The summed E-state index contributed by atoms with van der Waals surface area (Å²) in [6, 6.07) is 8.41. The average molecular weight is 319 g/mol. The van der Waals surface area contributed by atoms with Gasteiger partial charge in [0.1, 0.15) is 12.6 Å².